The van der Waals surface area contributed by atoms with Crippen molar-refractivity contribution in [2.75, 3.05) is 5.32 Å². The van der Waals surface area contributed by atoms with Gasteiger partial charge in [-0.2, -0.15) is 0 Å². The van der Waals surface area contributed by atoms with E-state index in [2.05, 4.69) is 26.1 Å². The Hall–Kier alpha value is -1.06. The number of anilines is 1. The number of hydrogen-bond acceptors (Lipinski definition) is 3. The fourth-order valence-electron chi connectivity index (χ4n) is 1.44. The summed E-state index contributed by atoms with van der Waals surface area (Å²) >= 11 is 0. The Morgan fingerprint density at radius 2 is 1.67 bits per heavy atom. The van der Waals surface area contributed by atoms with Crippen molar-refractivity contribution in [3.63, 3.8) is 0 Å². The number of aliphatic hydroxyl groups is 2. The molecule has 1 aromatic carbocycles. The van der Waals surface area contributed by atoms with E-state index in [-0.39, 0.29) is 18.8 Å². The van der Waals surface area contributed by atoms with E-state index in [4.69, 9.17) is 10.2 Å². The monoisotopic (exact) mass is 209 g/mol. The van der Waals surface area contributed by atoms with Crippen molar-refractivity contribution in [2.45, 2.75) is 39.5 Å². The lowest BCUT2D eigenvalue weighted by Crippen LogP contribution is -2.26. The van der Waals surface area contributed by atoms with Crippen LogP contribution >= 0.6 is 0 Å². The molecule has 3 N–H and O–H groups in total. The first-order valence-electron chi connectivity index (χ1n) is 5.08. The molecule has 1 aromatic rings. The number of nitrogens with one attached hydrogen (secondary N) is 1. The average molecular weight is 209 g/mol. The second-order valence-corrected chi connectivity index (χ2v) is 4.67. The normalized spacial score (nSPS) is 11.5. The van der Waals surface area contributed by atoms with Gasteiger partial charge in [0.1, 0.15) is 0 Å². The molecule has 0 bridgehead atoms. The quantitative estimate of drug-likeness (QED) is 0.712. The lowest BCUT2D eigenvalue weighted by Gasteiger charge is -2.23. The lowest BCUT2D eigenvalue weighted by molar-refractivity contribution is 0.260. The zero-order valence-corrected chi connectivity index (χ0v) is 9.54. The molecule has 0 fully saturated rings. The second-order valence-electron chi connectivity index (χ2n) is 4.67. The molecule has 0 spiro atoms. The van der Waals surface area contributed by atoms with E-state index < -0.39 is 0 Å². The number of benzene rings is 1. The van der Waals surface area contributed by atoms with Gasteiger partial charge in [0.25, 0.3) is 0 Å². The predicted octanol–water partition coefficient (Wildman–Crippen LogP) is 1.88. The molecule has 0 unspecified atom stereocenters. The number of hydrogen-bond donors (Lipinski definition) is 3. The van der Waals surface area contributed by atoms with E-state index in [0.717, 1.165) is 16.8 Å². The summed E-state index contributed by atoms with van der Waals surface area (Å²) in [6.07, 6.45) is 0. The summed E-state index contributed by atoms with van der Waals surface area (Å²) in [4.78, 5) is 0. The molecule has 1 rings (SSSR count). The first-order chi connectivity index (χ1) is 6.96. The molecule has 0 aliphatic carbocycles. The second kappa shape index (κ2) is 4.64. The summed E-state index contributed by atoms with van der Waals surface area (Å²) < 4.78 is 0. The maximum absolute atomic E-state index is 9.13. The summed E-state index contributed by atoms with van der Waals surface area (Å²) in [6.45, 7) is 6.14. The van der Waals surface area contributed by atoms with Gasteiger partial charge in [-0.05, 0) is 44.0 Å². The molecular weight excluding hydrogens is 190 g/mol. The maximum atomic E-state index is 9.13. The Morgan fingerprint density at radius 1 is 1.07 bits per heavy atom. The van der Waals surface area contributed by atoms with Gasteiger partial charge < -0.3 is 15.5 Å². The summed E-state index contributed by atoms with van der Waals surface area (Å²) in [5.41, 5.74) is 2.50. The van der Waals surface area contributed by atoms with Crippen LogP contribution in [-0.4, -0.2) is 15.8 Å². The molecular formula is C12H19NO2. The Morgan fingerprint density at radius 3 is 2.13 bits per heavy atom. The van der Waals surface area contributed by atoms with Crippen LogP contribution in [0.2, 0.25) is 0 Å². The fourth-order valence-corrected chi connectivity index (χ4v) is 1.44. The molecule has 0 aliphatic heterocycles. The molecule has 3 nitrogen and oxygen atoms in total. The Kier molecular flexibility index (Phi) is 3.72. The van der Waals surface area contributed by atoms with Gasteiger partial charge in [0.2, 0.25) is 0 Å². The highest BCUT2D eigenvalue weighted by Crippen LogP contribution is 2.19. The minimum Gasteiger partial charge on any atom is -0.392 e. The first kappa shape index (κ1) is 12.0. The maximum Gasteiger partial charge on any atom is 0.0686 e. The Balaban J connectivity index is 2.93. The van der Waals surface area contributed by atoms with Gasteiger partial charge in [-0.1, -0.05) is 6.07 Å². The van der Waals surface area contributed by atoms with Crippen molar-refractivity contribution in [1.29, 1.82) is 0 Å². The lowest BCUT2D eigenvalue weighted by atomic mass is 10.0. The predicted molar refractivity (Wildman–Crippen MR) is 61.7 cm³/mol. The molecule has 0 heterocycles. The number of rotatable bonds is 3. The SMILES string of the molecule is CC(C)(C)Nc1ccc(CO)c(CO)c1. The zero-order valence-electron chi connectivity index (χ0n) is 9.54. The van der Waals surface area contributed by atoms with Gasteiger partial charge in [0.15, 0.2) is 0 Å². The van der Waals surface area contributed by atoms with Gasteiger partial charge in [0, 0.05) is 11.2 Å². The highest BCUT2D eigenvalue weighted by Gasteiger charge is 2.10. The van der Waals surface area contributed by atoms with Gasteiger partial charge in [-0.15, -0.1) is 0 Å². The minimum absolute atomic E-state index is 0.00649. The fraction of sp³-hybridized carbons (Fsp3) is 0.500. The van der Waals surface area contributed by atoms with Gasteiger partial charge in [0.05, 0.1) is 13.2 Å². The highest BCUT2D eigenvalue weighted by molar-refractivity contribution is 5.49. The smallest absolute Gasteiger partial charge is 0.0686 e. The van der Waals surface area contributed by atoms with Crippen LogP contribution in [0.25, 0.3) is 0 Å². The van der Waals surface area contributed by atoms with Crippen molar-refractivity contribution in [3.05, 3.63) is 29.3 Å². The van der Waals surface area contributed by atoms with Crippen molar-refractivity contribution in [3.8, 4) is 0 Å². The van der Waals surface area contributed by atoms with Crippen LogP contribution in [0.1, 0.15) is 31.9 Å². The third kappa shape index (κ3) is 3.53. The summed E-state index contributed by atoms with van der Waals surface area (Å²) in [5.74, 6) is 0. The topological polar surface area (TPSA) is 52.5 Å². The van der Waals surface area contributed by atoms with Crippen LogP contribution in [0, 0.1) is 0 Å². The molecule has 0 aromatic heterocycles. The van der Waals surface area contributed by atoms with Crippen molar-refractivity contribution in [2.24, 2.45) is 0 Å². The molecule has 0 aliphatic rings. The van der Waals surface area contributed by atoms with E-state index in [1.807, 2.05) is 18.2 Å². The van der Waals surface area contributed by atoms with E-state index in [0.29, 0.717) is 0 Å². The molecule has 0 radical (unpaired) electrons. The standard InChI is InChI=1S/C12H19NO2/c1-12(2,3)13-11-5-4-9(7-14)10(6-11)8-15/h4-6,13-15H,7-8H2,1-3H3. The van der Waals surface area contributed by atoms with Crippen molar-refractivity contribution >= 4 is 5.69 Å². The van der Waals surface area contributed by atoms with E-state index >= 15 is 0 Å². The van der Waals surface area contributed by atoms with E-state index in [9.17, 15) is 0 Å². The number of aliphatic hydroxyl groups excluding tert-OH is 2. The Bertz CT molecular complexity index is 329. The largest absolute Gasteiger partial charge is 0.392 e. The van der Waals surface area contributed by atoms with E-state index in [1.165, 1.54) is 0 Å². The van der Waals surface area contributed by atoms with Crippen molar-refractivity contribution < 1.29 is 10.2 Å². The third-order valence-electron chi connectivity index (χ3n) is 2.07. The molecule has 15 heavy (non-hydrogen) atoms. The molecule has 0 saturated carbocycles. The van der Waals surface area contributed by atoms with Crippen LogP contribution in [0.5, 0.6) is 0 Å². The van der Waals surface area contributed by atoms with E-state index in [1.54, 1.807) is 0 Å². The van der Waals surface area contributed by atoms with Crippen LogP contribution in [-0.2, 0) is 13.2 Å². The minimum atomic E-state index is -0.0461. The first-order valence-corrected chi connectivity index (χ1v) is 5.08. The van der Waals surface area contributed by atoms with Crippen LogP contribution < -0.4 is 5.32 Å². The van der Waals surface area contributed by atoms with Crippen LogP contribution in [0.3, 0.4) is 0 Å². The highest BCUT2D eigenvalue weighted by atomic mass is 16.3. The van der Waals surface area contributed by atoms with Crippen LogP contribution in [0.15, 0.2) is 18.2 Å². The molecule has 0 saturated heterocycles. The molecule has 0 amide bonds. The summed E-state index contributed by atoms with van der Waals surface area (Å²) in [5, 5.41) is 21.5. The third-order valence-corrected chi connectivity index (χ3v) is 2.07. The summed E-state index contributed by atoms with van der Waals surface area (Å²) in [7, 11) is 0. The molecule has 3 heteroatoms. The van der Waals surface area contributed by atoms with Gasteiger partial charge >= 0.3 is 0 Å². The van der Waals surface area contributed by atoms with Crippen molar-refractivity contribution in [1.82, 2.24) is 0 Å². The zero-order chi connectivity index (χ0) is 11.5. The van der Waals surface area contributed by atoms with Crippen LogP contribution in [0.4, 0.5) is 5.69 Å². The van der Waals surface area contributed by atoms with Gasteiger partial charge in [-0.25, -0.2) is 0 Å². The molecule has 0 atom stereocenters. The summed E-state index contributed by atoms with van der Waals surface area (Å²) in [6, 6.07) is 5.62. The Labute approximate surface area is 90.8 Å². The van der Waals surface area contributed by atoms with Gasteiger partial charge in [-0.3, -0.25) is 0 Å². The molecule has 84 valence electrons. The average Bonchev–Trinajstić information content (AvgIpc) is 2.15.